The van der Waals surface area contributed by atoms with E-state index in [1.807, 2.05) is 0 Å². The largest absolute Gasteiger partial charge is 0.446 e. The van der Waals surface area contributed by atoms with E-state index in [9.17, 15) is 9.59 Å². The molecule has 0 spiro atoms. The van der Waals surface area contributed by atoms with Crippen LogP contribution in [0.5, 0.6) is 0 Å². The number of hydrogen-bond acceptors (Lipinski definition) is 4. The van der Waals surface area contributed by atoms with Crippen LogP contribution in [-0.4, -0.2) is 23.9 Å². The lowest BCUT2D eigenvalue weighted by Crippen LogP contribution is -2.39. The summed E-state index contributed by atoms with van der Waals surface area (Å²) in [6.07, 6.45) is 12.7. The maximum absolute atomic E-state index is 12.3. The molecule has 164 valence electrons. The number of rotatable bonds is 3. The Labute approximate surface area is 172 Å². The molecule has 0 radical (unpaired) electrons. The van der Waals surface area contributed by atoms with Gasteiger partial charge in [0, 0.05) is 0 Å². The zero-order valence-electron chi connectivity index (χ0n) is 18.9. The van der Waals surface area contributed by atoms with Gasteiger partial charge in [-0.05, 0) is 58.3 Å². The number of ether oxygens (including phenoxy) is 2. The van der Waals surface area contributed by atoms with E-state index in [1.165, 1.54) is 51.4 Å². The van der Waals surface area contributed by atoms with E-state index in [2.05, 4.69) is 19.2 Å². The Bertz CT molecular complexity index is 456. The van der Waals surface area contributed by atoms with Crippen molar-refractivity contribution in [2.75, 3.05) is 0 Å². The maximum atomic E-state index is 12.3. The number of hydrogen-bond donors (Lipinski definition) is 1. The molecule has 1 aliphatic rings. The SMILES string of the molecule is CC(C)CC1CCCCCCCCCCCC1OC(=O)NC(=O)OC(C)(C)C. The van der Waals surface area contributed by atoms with E-state index in [4.69, 9.17) is 9.47 Å². The minimum Gasteiger partial charge on any atom is -0.446 e. The number of amides is 2. The minimum atomic E-state index is -0.748. The second kappa shape index (κ2) is 13.1. The predicted molar refractivity (Wildman–Crippen MR) is 113 cm³/mol. The zero-order chi connectivity index (χ0) is 21.0. The van der Waals surface area contributed by atoms with Crippen molar-refractivity contribution in [3.8, 4) is 0 Å². The molecule has 0 saturated heterocycles. The monoisotopic (exact) mass is 397 g/mol. The van der Waals surface area contributed by atoms with E-state index < -0.39 is 17.8 Å². The molecule has 5 heteroatoms. The molecule has 1 aliphatic carbocycles. The van der Waals surface area contributed by atoms with Crippen LogP contribution in [0.1, 0.15) is 112 Å². The third-order valence-corrected chi connectivity index (χ3v) is 5.22. The van der Waals surface area contributed by atoms with E-state index >= 15 is 0 Å². The molecule has 2 amide bonds. The summed E-state index contributed by atoms with van der Waals surface area (Å²) in [5, 5.41) is 2.23. The predicted octanol–water partition coefficient (Wildman–Crippen LogP) is 6.98. The van der Waals surface area contributed by atoms with Gasteiger partial charge in [0.1, 0.15) is 11.7 Å². The summed E-state index contributed by atoms with van der Waals surface area (Å²) < 4.78 is 10.9. The summed E-state index contributed by atoms with van der Waals surface area (Å²) in [6.45, 7) is 9.75. The van der Waals surface area contributed by atoms with Gasteiger partial charge >= 0.3 is 12.2 Å². The van der Waals surface area contributed by atoms with Gasteiger partial charge in [0.25, 0.3) is 0 Å². The van der Waals surface area contributed by atoms with Crippen LogP contribution < -0.4 is 5.32 Å². The molecule has 0 aromatic heterocycles. The summed E-state index contributed by atoms with van der Waals surface area (Å²) in [5.41, 5.74) is -0.643. The van der Waals surface area contributed by atoms with Gasteiger partial charge < -0.3 is 9.47 Å². The average molecular weight is 398 g/mol. The molecule has 1 N–H and O–H groups in total. The third-order valence-electron chi connectivity index (χ3n) is 5.22. The quantitative estimate of drug-likeness (QED) is 0.557. The first-order chi connectivity index (χ1) is 13.2. The number of imide groups is 1. The lowest BCUT2D eigenvalue weighted by atomic mass is 9.85. The normalized spacial score (nSPS) is 23.1. The summed E-state index contributed by atoms with van der Waals surface area (Å²) in [7, 11) is 0. The first kappa shape index (κ1) is 24.8. The van der Waals surface area contributed by atoms with Crippen LogP contribution in [0.4, 0.5) is 9.59 Å². The topological polar surface area (TPSA) is 64.6 Å². The van der Waals surface area contributed by atoms with Gasteiger partial charge in [-0.1, -0.05) is 65.2 Å². The van der Waals surface area contributed by atoms with Crippen molar-refractivity contribution in [1.82, 2.24) is 5.32 Å². The molecule has 1 rings (SSSR count). The van der Waals surface area contributed by atoms with Crippen LogP contribution in [0.2, 0.25) is 0 Å². The molecule has 2 unspecified atom stereocenters. The molecule has 0 bridgehead atoms. The first-order valence-corrected chi connectivity index (χ1v) is 11.4. The van der Waals surface area contributed by atoms with Crippen molar-refractivity contribution in [1.29, 1.82) is 0 Å². The Kier molecular flexibility index (Phi) is 11.6. The Morgan fingerprint density at radius 2 is 1.36 bits per heavy atom. The fourth-order valence-electron chi connectivity index (χ4n) is 4.00. The Balaban J connectivity index is 2.72. The summed E-state index contributed by atoms with van der Waals surface area (Å²) in [5.74, 6) is 0.908. The molecule has 1 saturated carbocycles. The van der Waals surface area contributed by atoms with E-state index in [0.29, 0.717) is 11.8 Å². The van der Waals surface area contributed by atoms with E-state index in [0.717, 1.165) is 25.7 Å². The molecule has 28 heavy (non-hydrogen) atoms. The van der Waals surface area contributed by atoms with Gasteiger partial charge in [0.05, 0.1) is 0 Å². The highest BCUT2D eigenvalue weighted by atomic mass is 16.6. The highest BCUT2D eigenvalue weighted by Gasteiger charge is 2.27. The average Bonchev–Trinajstić information content (AvgIpc) is 2.56. The number of carbonyl (C=O) groups is 2. The highest BCUT2D eigenvalue weighted by Crippen LogP contribution is 2.28. The van der Waals surface area contributed by atoms with E-state index in [1.54, 1.807) is 20.8 Å². The van der Waals surface area contributed by atoms with Crippen molar-refractivity contribution in [3.05, 3.63) is 0 Å². The molecule has 2 atom stereocenters. The fourth-order valence-corrected chi connectivity index (χ4v) is 4.00. The van der Waals surface area contributed by atoms with Crippen LogP contribution in [0.15, 0.2) is 0 Å². The van der Waals surface area contributed by atoms with Crippen LogP contribution >= 0.6 is 0 Å². The van der Waals surface area contributed by atoms with Crippen LogP contribution in [0.3, 0.4) is 0 Å². The Hall–Kier alpha value is -1.26. The van der Waals surface area contributed by atoms with Crippen molar-refractivity contribution < 1.29 is 19.1 Å². The van der Waals surface area contributed by atoms with E-state index in [-0.39, 0.29) is 6.10 Å². The summed E-state index contributed by atoms with van der Waals surface area (Å²) in [6, 6.07) is 0. The molecule has 0 aromatic rings. The van der Waals surface area contributed by atoms with Crippen LogP contribution in [-0.2, 0) is 9.47 Å². The third kappa shape index (κ3) is 12.2. The van der Waals surface area contributed by atoms with Crippen LogP contribution in [0.25, 0.3) is 0 Å². The number of alkyl carbamates (subject to hydrolysis) is 2. The molecule has 5 nitrogen and oxygen atoms in total. The van der Waals surface area contributed by atoms with Crippen molar-refractivity contribution in [3.63, 3.8) is 0 Å². The Morgan fingerprint density at radius 3 is 1.86 bits per heavy atom. The molecule has 0 aromatic carbocycles. The fraction of sp³-hybridized carbons (Fsp3) is 0.913. The summed E-state index contributed by atoms with van der Waals surface area (Å²) >= 11 is 0. The van der Waals surface area contributed by atoms with Crippen molar-refractivity contribution in [2.24, 2.45) is 11.8 Å². The number of nitrogens with one attached hydrogen (secondary N) is 1. The van der Waals surface area contributed by atoms with Crippen molar-refractivity contribution >= 4 is 12.2 Å². The van der Waals surface area contributed by atoms with Crippen molar-refractivity contribution in [2.45, 2.75) is 123 Å². The standard InChI is InChI=1S/C23H43NO4/c1-18(2)17-19-15-13-11-9-7-6-8-10-12-14-16-20(19)27-21(25)24-22(26)28-23(3,4)5/h18-20H,6-17H2,1-5H3,(H,24,25,26). The van der Waals surface area contributed by atoms with Gasteiger partial charge in [-0.3, -0.25) is 0 Å². The lowest BCUT2D eigenvalue weighted by molar-refractivity contribution is 0.0310. The Morgan fingerprint density at radius 1 is 0.857 bits per heavy atom. The minimum absolute atomic E-state index is 0.134. The van der Waals surface area contributed by atoms with Crippen LogP contribution in [0, 0.1) is 11.8 Å². The molecular formula is C23H43NO4. The van der Waals surface area contributed by atoms with Gasteiger partial charge in [0.15, 0.2) is 0 Å². The summed E-state index contributed by atoms with van der Waals surface area (Å²) in [4.78, 5) is 24.2. The van der Waals surface area contributed by atoms with Gasteiger partial charge in [0.2, 0.25) is 0 Å². The highest BCUT2D eigenvalue weighted by molar-refractivity contribution is 5.87. The molecular weight excluding hydrogens is 354 g/mol. The molecule has 1 fully saturated rings. The maximum Gasteiger partial charge on any atom is 0.417 e. The van der Waals surface area contributed by atoms with Gasteiger partial charge in [-0.2, -0.15) is 0 Å². The first-order valence-electron chi connectivity index (χ1n) is 11.4. The van der Waals surface area contributed by atoms with Gasteiger partial charge in [-0.15, -0.1) is 0 Å². The smallest absolute Gasteiger partial charge is 0.417 e. The molecule has 0 heterocycles. The second-order valence-corrected chi connectivity index (χ2v) is 9.72. The second-order valence-electron chi connectivity index (χ2n) is 9.72. The number of carbonyl (C=O) groups excluding carboxylic acids is 2. The molecule has 0 aliphatic heterocycles. The lowest BCUT2D eigenvalue weighted by Gasteiger charge is -2.29. The van der Waals surface area contributed by atoms with Gasteiger partial charge in [-0.25, -0.2) is 14.9 Å². The zero-order valence-corrected chi connectivity index (χ0v) is 18.9.